The summed E-state index contributed by atoms with van der Waals surface area (Å²) in [5.41, 5.74) is 1.29. The molecule has 3 aromatic rings. The van der Waals surface area contributed by atoms with Crippen molar-refractivity contribution >= 4 is 28.5 Å². The summed E-state index contributed by atoms with van der Waals surface area (Å²) in [4.78, 5) is 31.1. The molecular weight excluding hydrogens is 444 g/mol. The summed E-state index contributed by atoms with van der Waals surface area (Å²) in [5, 5.41) is 0.972. The highest BCUT2D eigenvalue weighted by atomic mass is 35.5. The van der Waals surface area contributed by atoms with E-state index in [1.807, 2.05) is 19.1 Å². The number of carbonyl (C=O) groups excluding carboxylic acids is 1. The molecule has 0 saturated carbocycles. The van der Waals surface area contributed by atoms with E-state index in [0.29, 0.717) is 60.2 Å². The van der Waals surface area contributed by atoms with Crippen LogP contribution in [0.2, 0.25) is 5.02 Å². The average Bonchev–Trinajstić information content (AvgIpc) is 3.10. The van der Waals surface area contributed by atoms with Crippen LogP contribution in [0.1, 0.15) is 34.6 Å². The Hall–Kier alpha value is -2.87. The second-order valence-electron chi connectivity index (χ2n) is 8.18. The summed E-state index contributed by atoms with van der Waals surface area (Å²) in [6.07, 6.45) is 0. The fourth-order valence-electron chi connectivity index (χ4n) is 4.58. The van der Waals surface area contributed by atoms with Crippen LogP contribution in [0.15, 0.2) is 51.7 Å². The van der Waals surface area contributed by atoms with Crippen LogP contribution in [0.3, 0.4) is 0 Å². The Balaban J connectivity index is 1.59. The average molecular weight is 469 g/mol. The Labute approximate surface area is 196 Å². The molecule has 1 saturated heterocycles. The van der Waals surface area contributed by atoms with E-state index in [9.17, 15) is 9.59 Å². The van der Waals surface area contributed by atoms with Gasteiger partial charge in [0.2, 0.25) is 5.76 Å². The minimum atomic E-state index is -0.556. The van der Waals surface area contributed by atoms with E-state index in [2.05, 4.69) is 4.90 Å². The molecular formula is C25H25ClN2O5. The Morgan fingerprint density at radius 3 is 2.67 bits per heavy atom. The maximum atomic E-state index is 13.6. The number of ether oxygens (including phenoxy) is 2. The standard InChI is InChI=1S/C25H25ClN2O5/c1-2-32-18-6-7-19-20(15-18)33-24-21(23(19)29)22(16-4-3-5-17(26)14-16)28(25(24)30)9-8-27-10-12-31-13-11-27/h3-7,14-15,22H,2,8-13H2,1H3. The fourth-order valence-corrected chi connectivity index (χ4v) is 4.78. The van der Waals surface area contributed by atoms with Gasteiger partial charge in [0.1, 0.15) is 11.3 Å². The first kappa shape index (κ1) is 21.9. The van der Waals surface area contributed by atoms with Crippen LogP contribution in [0.25, 0.3) is 11.0 Å². The summed E-state index contributed by atoms with van der Waals surface area (Å²) in [6.45, 7) is 6.51. The summed E-state index contributed by atoms with van der Waals surface area (Å²) >= 11 is 6.27. The maximum absolute atomic E-state index is 13.6. The second-order valence-corrected chi connectivity index (χ2v) is 8.61. The number of hydrogen-bond donors (Lipinski definition) is 0. The van der Waals surface area contributed by atoms with E-state index in [1.54, 1.807) is 35.2 Å². The highest BCUT2D eigenvalue weighted by Gasteiger charge is 2.42. The molecule has 2 aromatic carbocycles. The number of fused-ring (bicyclic) bond motifs is 2. The minimum absolute atomic E-state index is 0.0908. The lowest BCUT2D eigenvalue weighted by Gasteiger charge is -2.31. The summed E-state index contributed by atoms with van der Waals surface area (Å²) in [6, 6.07) is 11.9. The van der Waals surface area contributed by atoms with Gasteiger partial charge in [-0.1, -0.05) is 23.7 Å². The number of morpholine rings is 1. The minimum Gasteiger partial charge on any atom is -0.494 e. The lowest BCUT2D eigenvalue weighted by Crippen LogP contribution is -2.42. The fraction of sp³-hybridized carbons (Fsp3) is 0.360. The monoisotopic (exact) mass is 468 g/mol. The van der Waals surface area contributed by atoms with Crippen molar-refractivity contribution in [3.63, 3.8) is 0 Å². The quantitative estimate of drug-likeness (QED) is 0.549. The zero-order chi connectivity index (χ0) is 22.9. The number of rotatable bonds is 6. The van der Waals surface area contributed by atoms with Crippen LogP contribution in [-0.4, -0.2) is 61.7 Å². The molecule has 1 fully saturated rings. The Morgan fingerprint density at radius 1 is 1.09 bits per heavy atom. The second kappa shape index (κ2) is 9.17. The van der Waals surface area contributed by atoms with Crippen LogP contribution < -0.4 is 10.2 Å². The van der Waals surface area contributed by atoms with Crippen molar-refractivity contribution in [1.82, 2.24) is 9.80 Å². The van der Waals surface area contributed by atoms with Gasteiger partial charge < -0.3 is 18.8 Å². The van der Waals surface area contributed by atoms with E-state index in [-0.39, 0.29) is 17.1 Å². The first-order chi connectivity index (χ1) is 16.1. The molecule has 0 radical (unpaired) electrons. The third-order valence-electron chi connectivity index (χ3n) is 6.18. The van der Waals surface area contributed by atoms with Crippen molar-refractivity contribution in [3.8, 4) is 5.75 Å². The van der Waals surface area contributed by atoms with Gasteiger partial charge in [-0.15, -0.1) is 0 Å². The Bertz CT molecular complexity index is 1250. The molecule has 33 heavy (non-hydrogen) atoms. The zero-order valence-corrected chi connectivity index (χ0v) is 19.1. The van der Waals surface area contributed by atoms with Gasteiger partial charge in [0.25, 0.3) is 5.91 Å². The highest BCUT2D eigenvalue weighted by molar-refractivity contribution is 6.30. The third-order valence-corrected chi connectivity index (χ3v) is 6.41. The van der Waals surface area contributed by atoms with Crippen LogP contribution in [0.4, 0.5) is 0 Å². The zero-order valence-electron chi connectivity index (χ0n) is 18.4. The van der Waals surface area contributed by atoms with Crippen molar-refractivity contribution in [2.75, 3.05) is 46.0 Å². The maximum Gasteiger partial charge on any atom is 0.290 e. The molecule has 172 valence electrons. The molecule has 1 unspecified atom stereocenters. The summed E-state index contributed by atoms with van der Waals surface area (Å²) in [5.74, 6) is 0.395. The van der Waals surface area contributed by atoms with Gasteiger partial charge in [0, 0.05) is 37.3 Å². The SMILES string of the molecule is CCOc1ccc2c(=O)c3c(oc2c1)C(=O)N(CCN1CCOCC1)C3c1cccc(Cl)c1. The molecule has 1 amide bonds. The van der Waals surface area contributed by atoms with Gasteiger partial charge in [0.05, 0.1) is 36.8 Å². The normalized spacial score (nSPS) is 18.7. The van der Waals surface area contributed by atoms with E-state index < -0.39 is 6.04 Å². The van der Waals surface area contributed by atoms with E-state index in [0.717, 1.165) is 18.7 Å². The Morgan fingerprint density at radius 2 is 1.91 bits per heavy atom. The number of carbonyl (C=O) groups is 1. The van der Waals surface area contributed by atoms with Crippen molar-refractivity contribution < 1.29 is 18.7 Å². The molecule has 0 N–H and O–H groups in total. The molecule has 3 heterocycles. The summed E-state index contributed by atoms with van der Waals surface area (Å²) < 4.78 is 17.0. The molecule has 1 atom stereocenters. The number of nitrogens with zero attached hydrogens (tertiary/aromatic N) is 2. The molecule has 0 spiro atoms. The largest absolute Gasteiger partial charge is 0.494 e. The van der Waals surface area contributed by atoms with Crippen LogP contribution >= 0.6 is 11.6 Å². The van der Waals surface area contributed by atoms with Crippen molar-refractivity contribution in [2.45, 2.75) is 13.0 Å². The van der Waals surface area contributed by atoms with E-state index in [4.69, 9.17) is 25.5 Å². The number of amides is 1. The van der Waals surface area contributed by atoms with Gasteiger partial charge in [-0.3, -0.25) is 14.5 Å². The number of benzene rings is 2. The third kappa shape index (κ3) is 4.12. The lowest BCUT2D eigenvalue weighted by molar-refractivity contribution is 0.0314. The molecule has 1 aromatic heterocycles. The van der Waals surface area contributed by atoms with Crippen LogP contribution in [0.5, 0.6) is 5.75 Å². The molecule has 7 nitrogen and oxygen atoms in total. The highest BCUT2D eigenvalue weighted by Crippen LogP contribution is 2.39. The van der Waals surface area contributed by atoms with Gasteiger partial charge >= 0.3 is 0 Å². The van der Waals surface area contributed by atoms with Gasteiger partial charge in [-0.25, -0.2) is 0 Å². The topological polar surface area (TPSA) is 72.2 Å². The molecule has 8 heteroatoms. The van der Waals surface area contributed by atoms with Crippen LogP contribution in [-0.2, 0) is 4.74 Å². The molecule has 0 aliphatic carbocycles. The van der Waals surface area contributed by atoms with Crippen LogP contribution in [0, 0.1) is 0 Å². The predicted molar refractivity (Wildman–Crippen MR) is 125 cm³/mol. The summed E-state index contributed by atoms with van der Waals surface area (Å²) in [7, 11) is 0. The van der Waals surface area contributed by atoms with Gasteiger partial charge in [0.15, 0.2) is 5.43 Å². The lowest BCUT2D eigenvalue weighted by atomic mass is 9.98. The number of hydrogen-bond acceptors (Lipinski definition) is 6. The smallest absolute Gasteiger partial charge is 0.290 e. The van der Waals surface area contributed by atoms with Crippen molar-refractivity contribution in [2.24, 2.45) is 0 Å². The van der Waals surface area contributed by atoms with Gasteiger partial charge in [-0.2, -0.15) is 0 Å². The van der Waals surface area contributed by atoms with Gasteiger partial charge in [-0.05, 0) is 36.8 Å². The molecule has 0 bridgehead atoms. The first-order valence-corrected chi connectivity index (χ1v) is 11.5. The van der Waals surface area contributed by atoms with E-state index >= 15 is 0 Å². The Kier molecular flexibility index (Phi) is 6.10. The molecule has 5 rings (SSSR count). The van der Waals surface area contributed by atoms with Crippen molar-refractivity contribution in [3.05, 3.63) is 74.6 Å². The number of halogens is 1. The predicted octanol–water partition coefficient (Wildman–Crippen LogP) is 3.72. The molecule has 2 aliphatic rings. The molecule has 2 aliphatic heterocycles. The van der Waals surface area contributed by atoms with Crippen molar-refractivity contribution in [1.29, 1.82) is 0 Å². The van der Waals surface area contributed by atoms with E-state index in [1.165, 1.54) is 0 Å². The first-order valence-electron chi connectivity index (χ1n) is 11.2.